The highest BCUT2D eigenvalue weighted by Gasteiger charge is 2.30. The van der Waals surface area contributed by atoms with Crippen LogP contribution >= 0.6 is 12.6 Å². The molecule has 1 aromatic heterocycles. The molecule has 14 nitrogen and oxygen atoms in total. The maximum atomic E-state index is 13.6. The number of carboxylic acid groups (broad SMARTS) is 1. The number of nitrogens with two attached hydrogens (primary N) is 2. The third-order valence-corrected chi connectivity index (χ3v) is 7.24. The zero-order valence-corrected chi connectivity index (χ0v) is 24.8. The minimum absolute atomic E-state index is 0.0484. The van der Waals surface area contributed by atoms with E-state index in [1.54, 1.807) is 18.3 Å². The number of aromatic amines is 1. The van der Waals surface area contributed by atoms with Gasteiger partial charge in [0.2, 0.25) is 17.7 Å². The molecule has 3 amide bonds. The number of carbonyl (C=O) groups is 4. The quantitative estimate of drug-likeness (QED) is 0.0432. The fourth-order valence-electron chi connectivity index (χ4n) is 4.51. The monoisotopic (exact) mass is 626 g/mol. The number of phenolic OH excluding ortho intramolecular Hbond substituents is 1. The molecular weight excluding hydrogens is 588 g/mol. The van der Waals surface area contributed by atoms with Crippen LogP contribution in [0.3, 0.4) is 0 Å². The van der Waals surface area contributed by atoms with Crippen molar-refractivity contribution in [2.24, 2.45) is 11.5 Å². The Labute approximate surface area is 259 Å². The Morgan fingerprint density at radius 2 is 1.55 bits per heavy atom. The molecule has 0 radical (unpaired) electrons. The van der Waals surface area contributed by atoms with Crippen LogP contribution in [-0.4, -0.2) is 81.3 Å². The van der Waals surface area contributed by atoms with Crippen molar-refractivity contribution < 1.29 is 29.4 Å². The summed E-state index contributed by atoms with van der Waals surface area (Å²) in [5.74, 6) is -3.65. The number of hydrogen-bond donors (Lipinski definition) is 11. The van der Waals surface area contributed by atoms with Gasteiger partial charge in [-0.2, -0.15) is 12.6 Å². The number of benzene rings is 2. The number of phenols is 1. The lowest BCUT2D eigenvalue weighted by molar-refractivity contribution is -0.142. The molecule has 0 bridgehead atoms. The molecule has 3 aromatic rings. The van der Waals surface area contributed by atoms with E-state index in [2.05, 4.69) is 38.9 Å². The second-order valence-electron chi connectivity index (χ2n) is 10.2. The summed E-state index contributed by atoms with van der Waals surface area (Å²) >= 11 is 4.18. The van der Waals surface area contributed by atoms with Crippen LogP contribution in [0.25, 0.3) is 10.9 Å². The van der Waals surface area contributed by atoms with Crippen LogP contribution in [0.1, 0.15) is 24.0 Å². The number of para-hydroxylation sites is 1. The van der Waals surface area contributed by atoms with Crippen molar-refractivity contribution in [1.82, 2.24) is 26.3 Å². The molecule has 2 aromatic carbocycles. The van der Waals surface area contributed by atoms with Crippen LogP contribution in [0.5, 0.6) is 5.75 Å². The first kappa shape index (κ1) is 33.7. The molecule has 0 aliphatic heterocycles. The number of H-pyrrole nitrogens is 1. The lowest BCUT2D eigenvalue weighted by atomic mass is 10.0. The van der Waals surface area contributed by atoms with Gasteiger partial charge in [-0.3, -0.25) is 19.8 Å². The average Bonchev–Trinajstić information content (AvgIpc) is 3.40. The summed E-state index contributed by atoms with van der Waals surface area (Å²) in [6.45, 7) is 0.242. The molecule has 4 atom stereocenters. The Bertz CT molecular complexity index is 1460. The smallest absolute Gasteiger partial charge is 0.326 e. The van der Waals surface area contributed by atoms with Crippen LogP contribution in [0, 0.1) is 5.41 Å². The van der Waals surface area contributed by atoms with Gasteiger partial charge in [0.1, 0.15) is 23.9 Å². The summed E-state index contributed by atoms with van der Waals surface area (Å²) in [6.07, 6.45) is 2.29. The first-order chi connectivity index (χ1) is 21.0. The lowest BCUT2D eigenvalue weighted by Gasteiger charge is -2.24. The van der Waals surface area contributed by atoms with Gasteiger partial charge in [0.25, 0.3) is 0 Å². The second-order valence-corrected chi connectivity index (χ2v) is 10.6. The number of aromatic hydroxyl groups is 1. The summed E-state index contributed by atoms with van der Waals surface area (Å²) in [5.41, 5.74) is 13.7. The number of thiol groups is 1. The summed E-state index contributed by atoms with van der Waals surface area (Å²) in [7, 11) is 0. The van der Waals surface area contributed by atoms with Crippen molar-refractivity contribution in [3.8, 4) is 5.75 Å². The van der Waals surface area contributed by atoms with Gasteiger partial charge in [-0.1, -0.05) is 30.3 Å². The molecule has 15 heteroatoms. The van der Waals surface area contributed by atoms with Gasteiger partial charge >= 0.3 is 5.97 Å². The Morgan fingerprint density at radius 1 is 0.909 bits per heavy atom. The van der Waals surface area contributed by atoms with Crippen molar-refractivity contribution in [1.29, 1.82) is 5.41 Å². The summed E-state index contributed by atoms with van der Waals surface area (Å²) in [5, 5.41) is 37.4. The fourth-order valence-corrected chi connectivity index (χ4v) is 4.77. The molecule has 0 aliphatic rings. The largest absolute Gasteiger partial charge is 0.508 e. The highest BCUT2D eigenvalue weighted by molar-refractivity contribution is 7.80. The molecule has 0 spiro atoms. The molecule has 0 unspecified atom stereocenters. The highest BCUT2D eigenvalue weighted by Crippen LogP contribution is 2.19. The predicted molar refractivity (Wildman–Crippen MR) is 168 cm³/mol. The number of aromatic nitrogens is 1. The number of carboxylic acids is 1. The number of amides is 3. The van der Waals surface area contributed by atoms with Crippen LogP contribution < -0.4 is 32.7 Å². The SMILES string of the molecule is N=C(N)NCCC[C@H](NC(=O)[C@H](CS)NC(=O)[C@H](Cc1c[nH]c2ccccc12)NC(=O)[C@@H](N)Cc1ccc(O)cc1)C(=O)O. The van der Waals surface area contributed by atoms with Crippen molar-refractivity contribution >= 4 is 53.2 Å². The van der Waals surface area contributed by atoms with E-state index in [0.29, 0.717) is 12.0 Å². The second kappa shape index (κ2) is 16.2. The molecule has 236 valence electrons. The average molecular weight is 627 g/mol. The van der Waals surface area contributed by atoms with E-state index in [0.717, 1.165) is 16.5 Å². The van der Waals surface area contributed by atoms with Crippen molar-refractivity contribution in [3.63, 3.8) is 0 Å². The molecule has 0 saturated carbocycles. The van der Waals surface area contributed by atoms with Gasteiger partial charge in [-0.25, -0.2) is 4.79 Å². The van der Waals surface area contributed by atoms with E-state index >= 15 is 0 Å². The van der Waals surface area contributed by atoms with Crippen LogP contribution in [0.4, 0.5) is 0 Å². The van der Waals surface area contributed by atoms with E-state index in [4.69, 9.17) is 16.9 Å². The summed E-state index contributed by atoms with van der Waals surface area (Å²) < 4.78 is 0. The van der Waals surface area contributed by atoms with Gasteiger partial charge in [-0.05, 0) is 48.6 Å². The van der Waals surface area contributed by atoms with E-state index in [1.165, 1.54) is 12.1 Å². The maximum Gasteiger partial charge on any atom is 0.326 e. The lowest BCUT2D eigenvalue weighted by Crippen LogP contribution is -2.58. The first-order valence-corrected chi connectivity index (χ1v) is 14.5. The van der Waals surface area contributed by atoms with Gasteiger partial charge < -0.3 is 47.9 Å². The molecule has 0 aliphatic carbocycles. The van der Waals surface area contributed by atoms with E-state index < -0.39 is 47.9 Å². The predicted octanol–water partition coefficient (Wildman–Crippen LogP) is -0.282. The number of carbonyl (C=O) groups excluding carboxylic acids is 3. The third-order valence-electron chi connectivity index (χ3n) is 6.88. The van der Waals surface area contributed by atoms with Crippen molar-refractivity contribution in [2.75, 3.05) is 12.3 Å². The Morgan fingerprint density at radius 3 is 2.20 bits per heavy atom. The third kappa shape index (κ3) is 9.91. The van der Waals surface area contributed by atoms with Gasteiger partial charge in [-0.15, -0.1) is 0 Å². The minimum Gasteiger partial charge on any atom is -0.508 e. The Kier molecular flexibility index (Phi) is 12.4. The Balaban J connectivity index is 1.73. The minimum atomic E-state index is -1.27. The fraction of sp³-hybridized carbons (Fsp3) is 0.345. The van der Waals surface area contributed by atoms with Gasteiger partial charge in [0, 0.05) is 35.8 Å². The van der Waals surface area contributed by atoms with Gasteiger partial charge in [0.05, 0.1) is 6.04 Å². The number of fused-ring (bicyclic) bond motifs is 1. The number of nitrogens with one attached hydrogen (secondary N) is 6. The van der Waals surface area contributed by atoms with E-state index in [9.17, 15) is 29.4 Å². The number of guanidine groups is 1. The molecule has 3 rings (SSSR count). The van der Waals surface area contributed by atoms with Crippen molar-refractivity contribution in [3.05, 3.63) is 65.9 Å². The molecular formula is C29H38N8O6S. The number of aliphatic carboxylic acids is 1. The topological polar surface area (TPSA) is 249 Å². The van der Waals surface area contributed by atoms with E-state index in [-0.39, 0.29) is 43.3 Å². The van der Waals surface area contributed by atoms with Crippen molar-refractivity contribution in [2.45, 2.75) is 49.9 Å². The standard InChI is InChI=1S/C29H38N8O6S/c30-20(12-16-7-9-18(38)10-8-16)25(39)36-23(13-17-14-34-21-5-2-1-4-19(17)21)26(40)37-24(15-44)27(41)35-22(28(42)43)6-3-11-33-29(31)32/h1-2,4-5,7-10,14,20,22-24,34,38,44H,3,6,11-13,15,30H2,(H,35,41)(H,36,39)(H,37,40)(H,42,43)(H4,31,32,33)/t20-,22-,23-,24-/m0/s1. The number of hydrogen-bond acceptors (Lipinski definition) is 8. The summed E-state index contributed by atoms with van der Waals surface area (Å²) in [4.78, 5) is 54.6. The van der Waals surface area contributed by atoms with Gasteiger partial charge in [0.15, 0.2) is 5.96 Å². The van der Waals surface area contributed by atoms with Crippen LogP contribution in [-0.2, 0) is 32.0 Å². The summed E-state index contributed by atoms with van der Waals surface area (Å²) in [6, 6.07) is 9.05. The highest BCUT2D eigenvalue weighted by atomic mass is 32.1. The Hall–Kier alpha value is -4.76. The zero-order chi connectivity index (χ0) is 32.2. The zero-order valence-electron chi connectivity index (χ0n) is 23.9. The number of rotatable bonds is 16. The molecule has 44 heavy (non-hydrogen) atoms. The molecule has 12 N–H and O–H groups in total. The normalized spacial score (nSPS) is 13.7. The molecule has 0 fully saturated rings. The maximum absolute atomic E-state index is 13.6. The molecule has 1 heterocycles. The first-order valence-electron chi connectivity index (χ1n) is 13.9. The molecule has 0 saturated heterocycles. The van der Waals surface area contributed by atoms with E-state index in [1.807, 2.05) is 24.3 Å². The van der Waals surface area contributed by atoms with Crippen LogP contribution in [0.2, 0.25) is 0 Å². The van der Waals surface area contributed by atoms with Crippen LogP contribution in [0.15, 0.2) is 54.7 Å².